The molecule has 1 rings (SSSR count). The van der Waals surface area contributed by atoms with Crippen LogP contribution in [0, 0.1) is 11.6 Å². The fourth-order valence-corrected chi connectivity index (χ4v) is 0.757. The van der Waals surface area contributed by atoms with E-state index in [9.17, 15) is 13.6 Å². The minimum atomic E-state index is -1.07. The zero-order chi connectivity index (χ0) is 9.84. The maximum absolute atomic E-state index is 12.8. The van der Waals surface area contributed by atoms with Gasteiger partial charge in [0.15, 0.2) is 0 Å². The van der Waals surface area contributed by atoms with E-state index in [4.69, 9.17) is 5.53 Å². The summed E-state index contributed by atoms with van der Waals surface area (Å²) in [6.07, 6.45) is 0. The summed E-state index contributed by atoms with van der Waals surface area (Å²) in [5.41, 5.74) is 7.44. The number of nitrogens with zero attached hydrogens (tertiary/aromatic N) is 3. The van der Waals surface area contributed by atoms with Crippen molar-refractivity contribution in [2.24, 2.45) is 5.11 Å². The molecule has 0 atom stereocenters. The Balaban J connectivity index is 3.16. The number of carbonyl (C=O) groups is 1. The van der Waals surface area contributed by atoms with Gasteiger partial charge in [0, 0.05) is 11.0 Å². The second kappa shape index (κ2) is 3.64. The molecule has 1 aromatic carbocycles. The van der Waals surface area contributed by atoms with Crippen LogP contribution in [0.2, 0.25) is 0 Å². The molecule has 0 radical (unpaired) electrons. The maximum atomic E-state index is 12.8. The lowest BCUT2D eigenvalue weighted by molar-refractivity contribution is 0.0996. The maximum Gasteiger partial charge on any atom is 0.252 e. The van der Waals surface area contributed by atoms with E-state index in [2.05, 4.69) is 10.0 Å². The number of halogens is 2. The molecule has 0 aliphatic heterocycles. The van der Waals surface area contributed by atoms with Gasteiger partial charge in [-0.25, -0.2) is 8.78 Å². The highest BCUT2D eigenvalue weighted by molar-refractivity contribution is 5.95. The summed E-state index contributed by atoms with van der Waals surface area (Å²) >= 11 is 0. The van der Waals surface area contributed by atoms with Gasteiger partial charge >= 0.3 is 0 Å². The highest BCUT2D eigenvalue weighted by Crippen LogP contribution is 2.10. The molecule has 0 unspecified atom stereocenters. The smallest absolute Gasteiger partial charge is 0.252 e. The predicted octanol–water partition coefficient (Wildman–Crippen LogP) is 2.42. The zero-order valence-corrected chi connectivity index (χ0v) is 6.24. The predicted molar refractivity (Wildman–Crippen MR) is 39.8 cm³/mol. The number of azide groups is 1. The molecule has 13 heavy (non-hydrogen) atoms. The van der Waals surface area contributed by atoms with Crippen LogP contribution < -0.4 is 0 Å². The molecule has 1 aromatic rings. The highest BCUT2D eigenvalue weighted by Gasteiger charge is 2.09. The Morgan fingerprint density at radius 3 is 2.69 bits per heavy atom. The molecule has 0 aromatic heterocycles. The van der Waals surface area contributed by atoms with E-state index in [-0.39, 0.29) is 0 Å². The van der Waals surface area contributed by atoms with Gasteiger partial charge in [0.05, 0.1) is 5.56 Å². The summed E-state index contributed by atoms with van der Waals surface area (Å²) in [7, 11) is 0. The summed E-state index contributed by atoms with van der Waals surface area (Å²) in [6.45, 7) is 0. The van der Waals surface area contributed by atoms with Crippen molar-refractivity contribution in [1.82, 2.24) is 0 Å². The number of rotatable bonds is 1. The van der Waals surface area contributed by atoms with E-state index in [1.807, 2.05) is 0 Å². The van der Waals surface area contributed by atoms with Crippen molar-refractivity contribution in [3.05, 3.63) is 45.8 Å². The Kier molecular flexibility index (Phi) is 2.56. The van der Waals surface area contributed by atoms with Crippen molar-refractivity contribution in [3.8, 4) is 0 Å². The average molecular weight is 183 g/mol. The van der Waals surface area contributed by atoms with Gasteiger partial charge in [-0.2, -0.15) is 0 Å². The van der Waals surface area contributed by atoms with Gasteiger partial charge in [0.2, 0.25) is 0 Å². The molecular weight excluding hydrogens is 180 g/mol. The first-order valence-corrected chi connectivity index (χ1v) is 3.19. The fourth-order valence-electron chi connectivity index (χ4n) is 0.757. The first-order chi connectivity index (χ1) is 6.15. The molecule has 0 N–H and O–H groups in total. The van der Waals surface area contributed by atoms with Crippen molar-refractivity contribution in [2.75, 3.05) is 0 Å². The van der Waals surface area contributed by atoms with Crippen LogP contribution >= 0.6 is 0 Å². The Morgan fingerprint density at radius 1 is 1.46 bits per heavy atom. The van der Waals surface area contributed by atoms with Crippen LogP contribution in [0.15, 0.2) is 23.3 Å². The van der Waals surface area contributed by atoms with Gasteiger partial charge in [-0.05, 0) is 22.8 Å². The first kappa shape index (κ1) is 9.15. The molecular formula is C7H3F2N3O. The molecule has 0 bridgehead atoms. The molecule has 6 heteroatoms. The standard InChI is InChI=1S/C7H3F2N3O/c8-4-1-2-5(6(9)3-4)7(13)11-12-10/h1-3H. The van der Waals surface area contributed by atoms with Crippen LogP contribution in [-0.2, 0) is 0 Å². The molecule has 0 heterocycles. The summed E-state index contributed by atoms with van der Waals surface area (Å²) < 4.78 is 25.1. The summed E-state index contributed by atoms with van der Waals surface area (Å²) in [6, 6.07) is 2.37. The van der Waals surface area contributed by atoms with Gasteiger partial charge in [-0.3, -0.25) is 4.79 Å². The highest BCUT2D eigenvalue weighted by atomic mass is 19.1. The zero-order valence-electron chi connectivity index (χ0n) is 6.24. The lowest BCUT2D eigenvalue weighted by Crippen LogP contribution is -1.98. The van der Waals surface area contributed by atoms with E-state index in [0.717, 1.165) is 12.1 Å². The lowest BCUT2D eigenvalue weighted by Gasteiger charge is -1.96. The normalized spacial score (nSPS) is 9.08. The molecule has 0 spiro atoms. The van der Waals surface area contributed by atoms with Crippen molar-refractivity contribution < 1.29 is 13.6 Å². The molecule has 0 fully saturated rings. The van der Waals surface area contributed by atoms with Crippen molar-refractivity contribution in [2.45, 2.75) is 0 Å². The molecule has 0 aliphatic rings. The molecule has 66 valence electrons. The van der Waals surface area contributed by atoms with Gasteiger partial charge in [0.1, 0.15) is 11.6 Å². The number of hydrogen-bond acceptors (Lipinski definition) is 1. The largest absolute Gasteiger partial charge is 0.287 e. The van der Waals surface area contributed by atoms with Crippen LogP contribution in [0.1, 0.15) is 10.4 Å². The monoisotopic (exact) mass is 183 g/mol. The molecule has 4 nitrogen and oxygen atoms in total. The minimum Gasteiger partial charge on any atom is -0.287 e. The van der Waals surface area contributed by atoms with Crippen molar-refractivity contribution >= 4 is 5.91 Å². The third-order valence-electron chi connectivity index (χ3n) is 1.30. The number of amides is 1. The van der Waals surface area contributed by atoms with Gasteiger partial charge in [0.25, 0.3) is 5.91 Å². The molecule has 0 saturated carbocycles. The minimum absolute atomic E-state index is 0.445. The van der Waals surface area contributed by atoms with E-state index in [0.29, 0.717) is 6.07 Å². The Hall–Kier alpha value is -1.94. The van der Waals surface area contributed by atoms with Gasteiger partial charge in [-0.15, -0.1) is 0 Å². The third kappa shape index (κ3) is 2.00. The second-order valence-corrected chi connectivity index (χ2v) is 2.12. The van der Waals surface area contributed by atoms with Crippen LogP contribution in [0.3, 0.4) is 0 Å². The van der Waals surface area contributed by atoms with E-state index in [1.54, 1.807) is 0 Å². The van der Waals surface area contributed by atoms with Crippen LogP contribution in [-0.4, -0.2) is 5.91 Å². The Labute approximate surface area is 71.4 Å². The molecule has 1 amide bonds. The van der Waals surface area contributed by atoms with Crippen molar-refractivity contribution in [3.63, 3.8) is 0 Å². The quantitative estimate of drug-likeness (QED) is 0.374. The Bertz CT molecular complexity index is 399. The number of carbonyl (C=O) groups excluding carboxylic acids is 1. The lowest BCUT2D eigenvalue weighted by atomic mass is 10.2. The van der Waals surface area contributed by atoms with Crippen LogP contribution in [0.25, 0.3) is 10.4 Å². The second-order valence-electron chi connectivity index (χ2n) is 2.12. The van der Waals surface area contributed by atoms with Gasteiger partial charge in [-0.1, -0.05) is 0 Å². The van der Waals surface area contributed by atoms with Crippen molar-refractivity contribution in [1.29, 1.82) is 0 Å². The average Bonchev–Trinajstić information content (AvgIpc) is 2.04. The summed E-state index contributed by atoms with van der Waals surface area (Å²) in [5.74, 6) is -2.91. The van der Waals surface area contributed by atoms with Crippen LogP contribution in [0.4, 0.5) is 8.78 Å². The SMILES string of the molecule is [N-]=[N+]=NC(=O)c1ccc(F)cc1F. The summed E-state index contributed by atoms with van der Waals surface area (Å²) in [5, 5.41) is 2.66. The van der Waals surface area contributed by atoms with Gasteiger partial charge < -0.3 is 0 Å². The number of benzene rings is 1. The fraction of sp³-hybridized carbons (Fsp3) is 0. The van der Waals surface area contributed by atoms with Crippen LogP contribution in [0.5, 0.6) is 0 Å². The Morgan fingerprint density at radius 2 is 2.15 bits per heavy atom. The topological polar surface area (TPSA) is 65.8 Å². The first-order valence-electron chi connectivity index (χ1n) is 3.19. The van der Waals surface area contributed by atoms with E-state index >= 15 is 0 Å². The van der Waals surface area contributed by atoms with E-state index < -0.39 is 23.1 Å². The molecule has 0 aliphatic carbocycles. The molecule has 0 saturated heterocycles. The van der Waals surface area contributed by atoms with E-state index in [1.165, 1.54) is 0 Å². The third-order valence-corrected chi connectivity index (χ3v) is 1.30. The number of hydrogen-bond donors (Lipinski definition) is 0. The summed E-state index contributed by atoms with van der Waals surface area (Å²) in [4.78, 5) is 13.0.